The van der Waals surface area contributed by atoms with Crippen molar-refractivity contribution in [3.8, 4) is 0 Å². The van der Waals surface area contributed by atoms with E-state index in [1.54, 1.807) is 39.0 Å². The quantitative estimate of drug-likeness (QED) is 0.715. The molecule has 22 heavy (non-hydrogen) atoms. The Balaban J connectivity index is 2.56. The number of benzene rings is 1. The number of imide groups is 1. The number of esters is 1. The summed E-state index contributed by atoms with van der Waals surface area (Å²) in [6, 6.07) is 4.37. The van der Waals surface area contributed by atoms with E-state index >= 15 is 0 Å². The van der Waals surface area contributed by atoms with Gasteiger partial charge < -0.3 is 15.4 Å². The van der Waals surface area contributed by atoms with Crippen LogP contribution in [-0.4, -0.2) is 37.6 Å². The average Bonchev–Trinajstić information content (AvgIpc) is 2.44. The minimum atomic E-state index is -0.528. The number of methoxy groups -OCH3 is 1. The molecule has 0 bridgehead atoms. The van der Waals surface area contributed by atoms with Crippen LogP contribution in [0.3, 0.4) is 0 Å². The van der Waals surface area contributed by atoms with Crippen molar-refractivity contribution in [1.29, 1.82) is 0 Å². The molecule has 0 heterocycles. The summed E-state index contributed by atoms with van der Waals surface area (Å²) in [4.78, 5) is 34.4. The fourth-order valence-corrected chi connectivity index (χ4v) is 1.75. The number of carbonyl (C=O) groups is 3. The van der Waals surface area contributed by atoms with Crippen molar-refractivity contribution < 1.29 is 19.1 Å². The molecule has 0 spiro atoms. The highest BCUT2D eigenvalue weighted by Gasteiger charge is 2.10. The van der Waals surface area contributed by atoms with Crippen molar-refractivity contribution in [3.63, 3.8) is 0 Å². The van der Waals surface area contributed by atoms with Crippen molar-refractivity contribution in [1.82, 2.24) is 10.6 Å². The fraction of sp³-hybridized carbons (Fsp3) is 0.400. The summed E-state index contributed by atoms with van der Waals surface area (Å²) < 4.78 is 4.64. The van der Waals surface area contributed by atoms with Gasteiger partial charge in [-0.05, 0) is 44.5 Å². The van der Waals surface area contributed by atoms with Gasteiger partial charge in [0, 0.05) is 11.7 Å². The highest BCUT2D eigenvalue weighted by molar-refractivity contribution is 5.96. The maximum atomic E-state index is 11.6. The molecule has 0 saturated heterocycles. The second kappa shape index (κ2) is 8.02. The van der Waals surface area contributed by atoms with Crippen LogP contribution in [0.5, 0.6) is 0 Å². The number of nitrogens with one attached hydrogen (secondary N) is 3. The average molecular weight is 307 g/mol. The van der Waals surface area contributed by atoms with Crippen LogP contribution >= 0.6 is 0 Å². The Morgan fingerprint density at radius 2 is 1.91 bits per heavy atom. The summed E-state index contributed by atoms with van der Waals surface area (Å²) in [5.41, 5.74) is 1.93. The van der Waals surface area contributed by atoms with Gasteiger partial charge in [-0.2, -0.15) is 0 Å². The van der Waals surface area contributed by atoms with Gasteiger partial charge in [-0.25, -0.2) is 9.59 Å². The Bertz CT molecular complexity index is 570. The minimum Gasteiger partial charge on any atom is -0.465 e. The Hall–Kier alpha value is -2.57. The lowest BCUT2D eigenvalue weighted by molar-refractivity contribution is -0.118. The van der Waals surface area contributed by atoms with E-state index in [2.05, 4.69) is 20.7 Å². The predicted octanol–water partition coefficient (Wildman–Crippen LogP) is 1.43. The van der Waals surface area contributed by atoms with Crippen LogP contribution in [0.25, 0.3) is 0 Å². The summed E-state index contributed by atoms with van der Waals surface area (Å²) in [5, 5.41) is 7.69. The van der Waals surface area contributed by atoms with E-state index in [0.29, 0.717) is 11.3 Å². The number of urea groups is 1. The molecule has 1 rings (SSSR count). The van der Waals surface area contributed by atoms with Crippen LogP contribution in [0.4, 0.5) is 10.5 Å². The summed E-state index contributed by atoms with van der Waals surface area (Å²) in [6.45, 7) is 5.35. The molecule has 0 atom stereocenters. The maximum Gasteiger partial charge on any atom is 0.337 e. The van der Waals surface area contributed by atoms with Crippen LogP contribution < -0.4 is 16.0 Å². The number of amides is 3. The van der Waals surface area contributed by atoms with E-state index in [1.807, 2.05) is 0 Å². The summed E-state index contributed by atoms with van der Waals surface area (Å²) >= 11 is 0. The summed E-state index contributed by atoms with van der Waals surface area (Å²) in [5.74, 6) is -0.868. The highest BCUT2D eigenvalue weighted by atomic mass is 16.5. The van der Waals surface area contributed by atoms with Crippen molar-refractivity contribution in [3.05, 3.63) is 29.3 Å². The molecule has 0 aliphatic heterocycles. The Morgan fingerprint density at radius 3 is 2.45 bits per heavy atom. The molecule has 0 aromatic heterocycles. The lowest BCUT2D eigenvalue weighted by atomic mass is 10.1. The number of ether oxygens (including phenoxy) is 1. The van der Waals surface area contributed by atoms with Gasteiger partial charge in [0.2, 0.25) is 5.91 Å². The first-order chi connectivity index (χ1) is 10.3. The van der Waals surface area contributed by atoms with Gasteiger partial charge in [0.15, 0.2) is 0 Å². The van der Waals surface area contributed by atoms with Gasteiger partial charge in [-0.3, -0.25) is 10.1 Å². The molecule has 0 aliphatic rings. The van der Waals surface area contributed by atoms with Crippen molar-refractivity contribution >= 4 is 23.6 Å². The number of hydrogen-bond donors (Lipinski definition) is 3. The number of aryl methyl sites for hydroxylation is 1. The molecule has 0 saturated carbocycles. The molecule has 0 aliphatic carbocycles. The molecule has 7 nitrogen and oxygen atoms in total. The van der Waals surface area contributed by atoms with Gasteiger partial charge in [-0.15, -0.1) is 0 Å². The highest BCUT2D eigenvalue weighted by Crippen LogP contribution is 2.16. The SMILES string of the molecule is COC(=O)c1ccc(NCC(=O)NC(=O)NC(C)C)c(C)c1. The molecule has 120 valence electrons. The Morgan fingerprint density at radius 1 is 1.23 bits per heavy atom. The first-order valence-electron chi connectivity index (χ1n) is 6.86. The van der Waals surface area contributed by atoms with Gasteiger partial charge in [-0.1, -0.05) is 0 Å². The minimum absolute atomic E-state index is 0.0473. The zero-order valence-electron chi connectivity index (χ0n) is 13.1. The topological polar surface area (TPSA) is 96.5 Å². The molecule has 0 radical (unpaired) electrons. The van der Waals surface area contributed by atoms with Gasteiger partial charge in [0.25, 0.3) is 0 Å². The van der Waals surface area contributed by atoms with Crippen LogP contribution in [0.15, 0.2) is 18.2 Å². The predicted molar refractivity (Wildman–Crippen MR) is 82.8 cm³/mol. The molecule has 1 aromatic carbocycles. The van der Waals surface area contributed by atoms with E-state index in [0.717, 1.165) is 5.56 Å². The second-order valence-corrected chi connectivity index (χ2v) is 5.05. The molecular formula is C15H21N3O4. The standard InChI is InChI=1S/C15H21N3O4/c1-9(2)17-15(21)18-13(19)8-16-12-6-5-11(7-10(12)3)14(20)22-4/h5-7,9,16H,8H2,1-4H3,(H2,17,18,19,21). The number of carbonyl (C=O) groups excluding carboxylic acids is 3. The van der Waals surface area contributed by atoms with E-state index in [-0.39, 0.29) is 12.6 Å². The number of rotatable bonds is 5. The van der Waals surface area contributed by atoms with E-state index in [9.17, 15) is 14.4 Å². The number of anilines is 1. The first-order valence-corrected chi connectivity index (χ1v) is 6.86. The number of hydrogen-bond acceptors (Lipinski definition) is 5. The monoisotopic (exact) mass is 307 g/mol. The van der Waals surface area contributed by atoms with Gasteiger partial charge >= 0.3 is 12.0 Å². The normalized spacial score (nSPS) is 10.0. The van der Waals surface area contributed by atoms with E-state index in [1.165, 1.54) is 7.11 Å². The molecule has 0 unspecified atom stereocenters. The van der Waals surface area contributed by atoms with E-state index in [4.69, 9.17) is 0 Å². The third-order valence-corrected chi connectivity index (χ3v) is 2.76. The van der Waals surface area contributed by atoms with Crippen LogP contribution in [0, 0.1) is 6.92 Å². The molecular weight excluding hydrogens is 286 g/mol. The third kappa shape index (κ3) is 5.43. The lowest BCUT2D eigenvalue weighted by Gasteiger charge is -2.12. The first kappa shape index (κ1) is 17.5. The third-order valence-electron chi connectivity index (χ3n) is 2.76. The second-order valence-electron chi connectivity index (χ2n) is 5.05. The molecule has 1 aromatic rings. The van der Waals surface area contributed by atoms with Gasteiger partial charge in [0.05, 0.1) is 19.2 Å². The van der Waals surface area contributed by atoms with Crippen molar-refractivity contribution in [2.45, 2.75) is 26.8 Å². The van der Waals surface area contributed by atoms with Gasteiger partial charge in [0.1, 0.15) is 0 Å². The van der Waals surface area contributed by atoms with Crippen LogP contribution in [-0.2, 0) is 9.53 Å². The maximum absolute atomic E-state index is 11.6. The fourth-order valence-electron chi connectivity index (χ4n) is 1.75. The lowest BCUT2D eigenvalue weighted by Crippen LogP contribution is -2.44. The Kier molecular flexibility index (Phi) is 6.37. The smallest absolute Gasteiger partial charge is 0.337 e. The molecule has 3 N–H and O–H groups in total. The zero-order valence-corrected chi connectivity index (χ0v) is 13.1. The van der Waals surface area contributed by atoms with Crippen molar-refractivity contribution in [2.24, 2.45) is 0 Å². The van der Waals surface area contributed by atoms with E-state index < -0.39 is 17.9 Å². The van der Waals surface area contributed by atoms with Crippen LogP contribution in [0.2, 0.25) is 0 Å². The summed E-state index contributed by atoms with van der Waals surface area (Å²) in [6.07, 6.45) is 0. The summed E-state index contributed by atoms with van der Waals surface area (Å²) in [7, 11) is 1.32. The van der Waals surface area contributed by atoms with Crippen molar-refractivity contribution in [2.75, 3.05) is 19.0 Å². The molecule has 3 amide bonds. The molecule has 7 heteroatoms. The zero-order chi connectivity index (χ0) is 16.7. The van der Waals surface area contributed by atoms with Crippen LogP contribution in [0.1, 0.15) is 29.8 Å². The largest absolute Gasteiger partial charge is 0.465 e. The Labute approximate surface area is 129 Å². The molecule has 0 fully saturated rings.